The molecule has 0 aliphatic heterocycles. The van der Waals surface area contributed by atoms with Crippen molar-refractivity contribution in [3.8, 4) is 11.4 Å². The summed E-state index contributed by atoms with van der Waals surface area (Å²) in [5.74, 6) is 0.594. The molecule has 35 heavy (non-hydrogen) atoms. The van der Waals surface area contributed by atoms with E-state index < -0.39 is 23.0 Å². The van der Waals surface area contributed by atoms with Gasteiger partial charge in [0.15, 0.2) is 0 Å². The molecule has 0 aliphatic carbocycles. The molecule has 2 heterocycles. The molecule has 0 N–H and O–H groups in total. The van der Waals surface area contributed by atoms with Gasteiger partial charge < -0.3 is 4.74 Å². The molecule has 0 atom stereocenters. The Morgan fingerprint density at radius 3 is 2.40 bits per heavy atom. The van der Waals surface area contributed by atoms with Crippen molar-refractivity contribution in [1.82, 2.24) is 9.13 Å². The minimum Gasteiger partial charge on any atom is -0.494 e. The maximum atomic E-state index is 13.7. The number of ether oxygens (including phenoxy) is 1. The van der Waals surface area contributed by atoms with E-state index in [-0.39, 0.29) is 6.54 Å². The fourth-order valence-electron chi connectivity index (χ4n) is 4.11. The number of hydrogen-bond donors (Lipinski definition) is 0. The number of alkyl halides is 3. The van der Waals surface area contributed by atoms with E-state index in [2.05, 4.69) is 0 Å². The Kier molecular flexibility index (Phi) is 5.72. The van der Waals surface area contributed by atoms with Crippen LogP contribution in [0.25, 0.3) is 26.0 Å². The van der Waals surface area contributed by atoms with Gasteiger partial charge in [0.1, 0.15) is 10.4 Å². The number of rotatable bonds is 5. The second kappa shape index (κ2) is 8.74. The minimum atomic E-state index is -4.51. The first-order chi connectivity index (χ1) is 16.8. The third kappa shape index (κ3) is 4.12. The van der Waals surface area contributed by atoms with Gasteiger partial charge >= 0.3 is 11.9 Å². The highest BCUT2D eigenvalue weighted by molar-refractivity contribution is 7.25. The van der Waals surface area contributed by atoms with Crippen molar-refractivity contribution < 1.29 is 17.9 Å². The molecule has 2 aromatic heterocycles. The van der Waals surface area contributed by atoms with Gasteiger partial charge in [0.2, 0.25) is 0 Å². The van der Waals surface area contributed by atoms with Gasteiger partial charge in [-0.15, -0.1) is 11.3 Å². The molecule has 9 heteroatoms. The Bertz CT molecular complexity index is 1660. The van der Waals surface area contributed by atoms with Gasteiger partial charge in [-0.05, 0) is 55.0 Å². The zero-order valence-corrected chi connectivity index (χ0v) is 19.3. The van der Waals surface area contributed by atoms with Crippen molar-refractivity contribution in [2.45, 2.75) is 19.6 Å². The lowest BCUT2D eigenvalue weighted by molar-refractivity contribution is -0.137. The summed E-state index contributed by atoms with van der Waals surface area (Å²) in [7, 11) is 0. The second-order valence-electron chi connectivity index (χ2n) is 7.91. The van der Waals surface area contributed by atoms with Gasteiger partial charge in [-0.25, -0.2) is 9.36 Å². The molecule has 0 bridgehead atoms. The zero-order valence-electron chi connectivity index (χ0n) is 18.5. The Morgan fingerprint density at radius 2 is 1.69 bits per heavy atom. The van der Waals surface area contributed by atoms with E-state index in [9.17, 15) is 22.8 Å². The third-order valence-corrected chi connectivity index (χ3v) is 6.81. The van der Waals surface area contributed by atoms with E-state index >= 15 is 0 Å². The lowest BCUT2D eigenvalue weighted by Gasteiger charge is -2.14. The Labute approximate surface area is 201 Å². The highest BCUT2D eigenvalue weighted by Crippen LogP contribution is 2.33. The predicted molar refractivity (Wildman–Crippen MR) is 131 cm³/mol. The number of hydrogen-bond acceptors (Lipinski definition) is 4. The summed E-state index contributed by atoms with van der Waals surface area (Å²) in [4.78, 5) is 27.2. The number of nitrogens with zero attached hydrogens (tertiary/aromatic N) is 2. The van der Waals surface area contributed by atoms with E-state index in [0.29, 0.717) is 39.2 Å². The smallest absolute Gasteiger partial charge is 0.416 e. The molecule has 0 amide bonds. The van der Waals surface area contributed by atoms with Crippen LogP contribution in [0.2, 0.25) is 0 Å². The molecule has 5 rings (SSSR count). The molecule has 3 aromatic carbocycles. The first kappa shape index (κ1) is 22.9. The fourth-order valence-corrected chi connectivity index (χ4v) is 5.25. The number of fused-ring (bicyclic) bond motifs is 3. The molecule has 0 aliphatic rings. The molecular formula is C26H19F3N2O3S. The molecule has 0 saturated carbocycles. The van der Waals surface area contributed by atoms with E-state index in [0.717, 1.165) is 21.4 Å². The van der Waals surface area contributed by atoms with E-state index in [4.69, 9.17) is 4.74 Å². The number of aromatic nitrogens is 2. The maximum Gasteiger partial charge on any atom is 0.416 e. The second-order valence-corrected chi connectivity index (χ2v) is 8.96. The quantitative estimate of drug-likeness (QED) is 0.308. The van der Waals surface area contributed by atoms with Crippen LogP contribution >= 0.6 is 11.3 Å². The number of benzene rings is 3. The predicted octanol–water partition coefficient (Wildman–Crippen LogP) is 5.83. The normalized spacial score (nSPS) is 11.9. The molecule has 0 unspecified atom stereocenters. The number of thiophene rings is 1. The average Bonchev–Trinajstić information content (AvgIpc) is 3.23. The van der Waals surface area contributed by atoms with Crippen molar-refractivity contribution in [2.75, 3.05) is 6.61 Å². The Balaban J connectivity index is 1.77. The van der Waals surface area contributed by atoms with E-state index in [1.807, 2.05) is 19.1 Å². The Hall–Kier alpha value is -3.85. The van der Waals surface area contributed by atoms with Crippen molar-refractivity contribution in [1.29, 1.82) is 0 Å². The largest absolute Gasteiger partial charge is 0.494 e. The standard InChI is InChI=1S/C26H19F3N2O3S/c1-2-34-19-12-10-18(11-13-19)31-24(32)23-22(20-8-3-4-9-21(20)35-23)30(25(31)33)15-16-6-5-7-17(14-16)26(27,28)29/h3-14H,2,15H2,1H3. The van der Waals surface area contributed by atoms with Crippen LogP contribution in [0.1, 0.15) is 18.1 Å². The van der Waals surface area contributed by atoms with Gasteiger partial charge in [-0.2, -0.15) is 13.2 Å². The summed E-state index contributed by atoms with van der Waals surface area (Å²) < 4.78 is 48.9. The molecular weight excluding hydrogens is 477 g/mol. The van der Waals surface area contributed by atoms with Crippen LogP contribution in [0.5, 0.6) is 5.75 Å². The van der Waals surface area contributed by atoms with Crippen LogP contribution in [0.15, 0.2) is 82.4 Å². The van der Waals surface area contributed by atoms with Gasteiger partial charge in [-0.3, -0.25) is 9.36 Å². The van der Waals surface area contributed by atoms with Crippen LogP contribution < -0.4 is 16.0 Å². The van der Waals surface area contributed by atoms with Crippen LogP contribution in [-0.4, -0.2) is 15.7 Å². The lowest BCUT2D eigenvalue weighted by atomic mass is 10.1. The molecule has 0 radical (unpaired) electrons. The highest BCUT2D eigenvalue weighted by atomic mass is 32.1. The van der Waals surface area contributed by atoms with Crippen molar-refractivity contribution in [3.05, 3.63) is 105 Å². The van der Waals surface area contributed by atoms with Crippen molar-refractivity contribution in [3.63, 3.8) is 0 Å². The van der Waals surface area contributed by atoms with E-state index in [1.54, 1.807) is 36.4 Å². The summed E-state index contributed by atoms with van der Waals surface area (Å²) in [5, 5.41) is 0.701. The molecule has 0 fully saturated rings. The Morgan fingerprint density at radius 1 is 0.943 bits per heavy atom. The average molecular weight is 497 g/mol. The molecule has 5 aromatic rings. The fraction of sp³-hybridized carbons (Fsp3) is 0.154. The first-order valence-electron chi connectivity index (χ1n) is 10.8. The van der Waals surface area contributed by atoms with Gasteiger partial charge in [-0.1, -0.05) is 30.3 Å². The minimum absolute atomic E-state index is 0.128. The summed E-state index contributed by atoms with van der Waals surface area (Å²) >= 11 is 1.25. The van der Waals surface area contributed by atoms with Crippen LogP contribution in [0.3, 0.4) is 0 Å². The summed E-state index contributed by atoms with van der Waals surface area (Å²) in [6, 6.07) is 18.7. The van der Waals surface area contributed by atoms with Gasteiger partial charge in [0, 0.05) is 10.1 Å². The highest BCUT2D eigenvalue weighted by Gasteiger charge is 2.30. The molecule has 0 spiro atoms. The zero-order chi connectivity index (χ0) is 24.7. The summed E-state index contributed by atoms with van der Waals surface area (Å²) in [5.41, 5.74) is -0.839. The first-order valence-corrected chi connectivity index (χ1v) is 11.7. The molecule has 178 valence electrons. The molecule has 5 nitrogen and oxygen atoms in total. The van der Waals surface area contributed by atoms with Crippen molar-refractivity contribution in [2.24, 2.45) is 0 Å². The van der Waals surface area contributed by atoms with Crippen LogP contribution in [0.4, 0.5) is 13.2 Å². The SMILES string of the molecule is CCOc1ccc(-n2c(=O)c3sc4ccccc4c3n(Cc3cccc(C(F)(F)F)c3)c2=O)cc1. The lowest BCUT2D eigenvalue weighted by Crippen LogP contribution is -2.38. The third-order valence-electron chi connectivity index (χ3n) is 5.66. The summed E-state index contributed by atoms with van der Waals surface area (Å²) in [6.45, 7) is 2.19. The maximum absolute atomic E-state index is 13.7. The van der Waals surface area contributed by atoms with Crippen molar-refractivity contribution >= 4 is 31.6 Å². The van der Waals surface area contributed by atoms with E-state index in [1.165, 1.54) is 28.0 Å². The topological polar surface area (TPSA) is 53.2 Å². The van der Waals surface area contributed by atoms with Crippen LogP contribution in [0, 0.1) is 0 Å². The number of halogens is 3. The summed E-state index contributed by atoms with van der Waals surface area (Å²) in [6.07, 6.45) is -4.51. The van der Waals surface area contributed by atoms with Gasteiger partial charge in [0.05, 0.1) is 29.9 Å². The molecule has 0 saturated heterocycles. The van der Waals surface area contributed by atoms with Gasteiger partial charge in [0.25, 0.3) is 5.56 Å². The van der Waals surface area contributed by atoms with Crippen LogP contribution in [-0.2, 0) is 12.7 Å². The monoisotopic (exact) mass is 496 g/mol.